The van der Waals surface area contributed by atoms with Crippen molar-refractivity contribution in [1.82, 2.24) is 0 Å². The highest BCUT2D eigenvalue weighted by atomic mass is 16.7. The van der Waals surface area contributed by atoms with E-state index in [1.54, 1.807) is 16.7 Å². The normalized spacial score (nSPS) is 46.8. The molecule has 2 saturated carbocycles. The van der Waals surface area contributed by atoms with Gasteiger partial charge in [0.25, 0.3) is 0 Å². The van der Waals surface area contributed by atoms with Crippen LogP contribution in [-0.4, -0.2) is 19.0 Å². The van der Waals surface area contributed by atoms with Crippen LogP contribution in [0.3, 0.4) is 0 Å². The number of hydrogen-bond donors (Lipinski definition) is 0. The monoisotopic (exact) mass is 356 g/mol. The molecular formula is C24H36O2. The molecule has 2 nitrogen and oxygen atoms in total. The van der Waals surface area contributed by atoms with E-state index in [0.717, 1.165) is 43.8 Å². The molecule has 0 aromatic carbocycles. The summed E-state index contributed by atoms with van der Waals surface area (Å²) in [6.45, 7) is 11.5. The molecule has 26 heavy (non-hydrogen) atoms. The first-order chi connectivity index (χ1) is 12.4. The Bertz CT molecular complexity index is 668. The molecule has 1 saturated heterocycles. The second-order valence-electron chi connectivity index (χ2n) is 10.3. The van der Waals surface area contributed by atoms with Gasteiger partial charge in [-0.25, -0.2) is 0 Å². The van der Waals surface area contributed by atoms with Gasteiger partial charge in [0.2, 0.25) is 0 Å². The van der Waals surface area contributed by atoms with Crippen molar-refractivity contribution in [1.29, 1.82) is 0 Å². The van der Waals surface area contributed by atoms with Crippen molar-refractivity contribution in [3.63, 3.8) is 0 Å². The van der Waals surface area contributed by atoms with E-state index < -0.39 is 0 Å². The Morgan fingerprint density at radius 3 is 2.54 bits per heavy atom. The zero-order valence-corrected chi connectivity index (χ0v) is 17.2. The fourth-order valence-electron chi connectivity index (χ4n) is 8.00. The summed E-state index contributed by atoms with van der Waals surface area (Å²) in [5.41, 5.74) is 5.99. The summed E-state index contributed by atoms with van der Waals surface area (Å²) < 4.78 is 12.2. The molecule has 5 unspecified atom stereocenters. The van der Waals surface area contributed by atoms with E-state index in [1.165, 1.54) is 38.5 Å². The Labute approximate surface area is 159 Å². The lowest BCUT2D eigenvalue weighted by molar-refractivity contribution is -0.185. The third-order valence-electron chi connectivity index (χ3n) is 9.41. The predicted molar refractivity (Wildman–Crippen MR) is 105 cm³/mol. The number of rotatable bonds is 1. The second-order valence-corrected chi connectivity index (χ2v) is 10.3. The van der Waals surface area contributed by atoms with Gasteiger partial charge in [0.1, 0.15) is 0 Å². The standard InChI is InChI=1S/C24H36O2/c1-5-17-6-7-19-18-14-16(2)21-15-24(25-12-13-26-24)11-10-23(21,4)20(18)8-9-22(17,19)3/h6,18-20H,5,7-15H2,1-4H3. The molecule has 0 aromatic heterocycles. The average Bonchev–Trinajstić information content (AvgIpc) is 3.21. The van der Waals surface area contributed by atoms with Crippen LogP contribution in [0.1, 0.15) is 79.1 Å². The lowest BCUT2D eigenvalue weighted by Gasteiger charge is -2.59. The quantitative estimate of drug-likeness (QED) is 0.534. The molecule has 0 bridgehead atoms. The van der Waals surface area contributed by atoms with Crippen molar-refractivity contribution in [3.8, 4) is 0 Å². The second kappa shape index (κ2) is 5.70. The van der Waals surface area contributed by atoms with E-state index in [0.29, 0.717) is 10.8 Å². The molecule has 0 amide bonds. The van der Waals surface area contributed by atoms with Gasteiger partial charge in [-0.05, 0) is 74.0 Å². The van der Waals surface area contributed by atoms with Crippen molar-refractivity contribution in [2.45, 2.75) is 84.8 Å². The van der Waals surface area contributed by atoms with Gasteiger partial charge < -0.3 is 9.47 Å². The molecular weight excluding hydrogens is 320 g/mol. The van der Waals surface area contributed by atoms with E-state index in [2.05, 4.69) is 33.8 Å². The zero-order valence-electron chi connectivity index (χ0n) is 17.2. The highest BCUT2D eigenvalue weighted by Gasteiger charge is 2.59. The van der Waals surface area contributed by atoms with Crippen LogP contribution in [0.2, 0.25) is 0 Å². The SMILES string of the molecule is CCC1=CCC2C3CC(C)=C4CC5(CCC4(C)C3CCC12C)OCCO5. The number of hydrogen-bond acceptors (Lipinski definition) is 2. The lowest BCUT2D eigenvalue weighted by Crippen LogP contribution is -2.52. The van der Waals surface area contributed by atoms with E-state index in [1.807, 2.05) is 0 Å². The Balaban J connectivity index is 1.49. The first-order valence-corrected chi connectivity index (χ1v) is 11.1. The third kappa shape index (κ3) is 2.18. The zero-order chi connectivity index (χ0) is 18.2. The van der Waals surface area contributed by atoms with Crippen molar-refractivity contribution in [3.05, 3.63) is 22.8 Å². The molecule has 2 heteroatoms. The minimum atomic E-state index is -0.281. The Morgan fingerprint density at radius 1 is 1.04 bits per heavy atom. The smallest absolute Gasteiger partial charge is 0.172 e. The molecule has 5 rings (SSSR count). The van der Waals surface area contributed by atoms with E-state index in [4.69, 9.17) is 9.47 Å². The molecule has 144 valence electrons. The average molecular weight is 357 g/mol. The van der Waals surface area contributed by atoms with Gasteiger partial charge >= 0.3 is 0 Å². The van der Waals surface area contributed by atoms with Crippen molar-refractivity contribution in [2.24, 2.45) is 28.6 Å². The first kappa shape index (κ1) is 17.5. The van der Waals surface area contributed by atoms with Crippen LogP contribution in [0.15, 0.2) is 22.8 Å². The molecule has 5 aliphatic rings. The summed E-state index contributed by atoms with van der Waals surface area (Å²) in [7, 11) is 0. The van der Waals surface area contributed by atoms with Gasteiger partial charge in [-0.2, -0.15) is 0 Å². The maximum absolute atomic E-state index is 6.11. The minimum Gasteiger partial charge on any atom is -0.347 e. The molecule has 1 spiro atoms. The minimum absolute atomic E-state index is 0.281. The van der Waals surface area contributed by atoms with E-state index in [9.17, 15) is 0 Å². The van der Waals surface area contributed by atoms with Gasteiger partial charge in [0.05, 0.1) is 13.2 Å². The van der Waals surface area contributed by atoms with Gasteiger partial charge in [0, 0.05) is 12.8 Å². The Morgan fingerprint density at radius 2 is 1.81 bits per heavy atom. The number of allylic oxidation sites excluding steroid dienone is 3. The molecule has 1 heterocycles. The summed E-state index contributed by atoms with van der Waals surface area (Å²) in [6.07, 6.45) is 12.7. The van der Waals surface area contributed by atoms with Crippen molar-refractivity contribution in [2.75, 3.05) is 13.2 Å². The molecule has 4 aliphatic carbocycles. The van der Waals surface area contributed by atoms with Crippen LogP contribution in [0.4, 0.5) is 0 Å². The van der Waals surface area contributed by atoms with Crippen molar-refractivity contribution >= 4 is 0 Å². The number of ether oxygens (including phenoxy) is 2. The summed E-state index contributed by atoms with van der Waals surface area (Å²) in [4.78, 5) is 0. The summed E-state index contributed by atoms with van der Waals surface area (Å²) >= 11 is 0. The highest BCUT2D eigenvalue weighted by molar-refractivity contribution is 5.33. The Kier molecular flexibility index (Phi) is 3.84. The molecule has 1 aliphatic heterocycles. The van der Waals surface area contributed by atoms with E-state index >= 15 is 0 Å². The topological polar surface area (TPSA) is 18.5 Å². The summed E-state index contributed by atoms with van der Waals surface area (Å²) in [5.74, 6) is 2.33. The molecule has 3 fully saturated rings. The third-order valence-corrected chi connectivity index (χ3v) is 9.41. The van der Waals surface area contributed by atoms with Gasteiger partial charge in [-0.1, -0.05) is 43.6 Å². The fraction of sp³-hybridized carbons (Fsp3) is 0.833. The molecule has 0 N–H and O–H groups in total. The first-order valence-electron chi connectivity index (χ1n) is 11.1. The van der Waals surface area contributed by atoms with Crippen LogP contribution in [0.25, 0.3) is 0 Å². The van der Waals surface area contributed by atoms with Crippen LogP contribution < -0.4 is 0 Å². The van der Waals surface area contributed by atoms with Gasteiger partial charge in [0.15, 0.2) is 5.79 Å². The summed E-state index contributed by atoms with van der Waals surface area (Å²) in [6, 6.07) is 0. The van der Waals surface area contributed by atoms with Crippen molar-refractivity contribution < 1.29 is 9.47 Å². The van der Waals surface area contributed by atoms with Crippen LogP contribution in [0, 0.1) is 28.6 Å². The molecule has 5 atom stereocenters. The van der Waals surface area contributed by atoms with Crippen LogP contribution in [-0.2, 0) is 9.47 Å². The van der Waals surface area contributed by atoms with Gasteiger partial charge in [-0.3, -0.25) is 0 Å². The fourth-order valence-corrected chi connectivity index (χ4v) is 8.00. The Hall–Kier alpha value is -0.600. The van der Waals surface area contributed by atoms with Crippen LogP contribution >= 0.6 is 0 Å². The number of fused-ring (bicyclic) bond motifs is 5. The van der Waals surface area contributed by atoms with Gasteiger partial charge in [-0.15, -0.1) is 0 Å². The van der Waals surface area contributed by atoms with Crippen LogP contribution in [0.5, 0.6) is 0 Å². The highest BCUT2D eigenvalue weighted by Crippen LogP contribution is 2.67. The summed E-state index contributed by atoms with van der Waals surface area (Å²) in [5, 5.41) is 0. The maximum Gasteiger partial charge on any atom is 0.172 e. The maximum atomic E-state index is 6.11. The van der Waals surface area contributed by atoms with E-state index in [-0.39, 0.29) is 5.79 Å². The molecule has 0 radical (unpaired) electrons. The largest absolute Gasteiger partial charge is 0.347 e. The molecule has 0 aromatic rings. The lowest BCUT2D eigenvalue weighted by atomic mass is 9.46. The predicted octanol–water partition coefficient (Wildman–Crippen LogP) is 6.03.